The maximum Gasteiger partial charge on any atom is 0.200 e. The van der Waals surface area contributed by atoms with Crippen molar-refractivity contribution in [2.75, 3.05) is 0 Å². The molecule has 8 heteroatoms. The van der Waals surface area contributed by atoms with Crippen molar-refractivity contribution in [3.05, 3.63) is 64.3 Å². The smallest absolute Gasteiger partial charge is 0.200 e. The lowest BCUT2D eigenvalue weighted by atomic mass is 10.3. The molecular formula is C12H13ClN2O5. The van der Waals surface area contributed by atoms with Crippen molar-refractivity contribution in [2.45, 2.75) is 13.8 Å². The molecule has 0 saturated carbocycles. The van der Waals surface area contributed by atoms with E-state index in [9.17, 15) is 4.79 Å². The summed E-state index contributed by atoms with van der Waals surface area (Å²) in [6, 6.07) is 9.14. The van der Waals surface area contributed by atoms with E-state index in [1.807, 2.05) is 53.8 Å². The van der Waals surface area contributed by atoms with E-state index >= 15 is 0 Å². The number of halogens is 1. The van der Waals surface area contributed by atoms with Gasteiger partial charge in [0, 0.05) is 24.3 Å². The maximum atomic E-state index is 11.3. The van der Waals surface area contributed by atoms with Crippen LogP contribution in [0.3, 0.4) is 0 Å². The van der Waals surface area contributed by atoms with Crippen LogP contribution in [-0.2, 0) is 0 Å². The average molecular weight is 301 g/mol. The van der Waals surface area contributed by atoms with E-state index in [0.29, 0.717) is 0 Å². The van der Waals surface area contributed by atoms with E-state index in [-0.39, 0.29) is 5.43 Å². The molecule has 0 aromatic carbocycles. The number of aromatic nitrogens is 2. The topological polar surface area (TPSA) is 118 Å². The quantitative estimate of drug-likeness (QED) is 0.502. The molecule has 108 valence electrons. The van der Waals surface area contributed by atoms with E-state index in [1.54, 1.807) is 12.1 Å². The van der Waals surface area contributed by atoms with Gasteiger partial charge >= 0.3 is 0 Å². The van der Waals surface area contributed by atoms with Crippen molar-refractivity contribution < 1.29 is 33.6 Å². The molecule has 0 aliphatic rings. The molecule has 0 bridgehead atoms. The minimum atomic E-state index is -4.94. The molecule has 2 heterocycles. The Kier molecular flexibility index (Phi) is 5.37. The number of hydrogen-bond donors (Lipinski definition) is 0. The normalized spacial score (nSPS) is 10.7. The molecule has 2 rings (SSSR count). The Balaban J connectivity index is 0.000000347. The SMILES string of the molecule is Cc1cc(=O)cc(C)n1-[n+]1ccccc1.[O-][Cl+3]([O-])([O-])[O-]. The molecule has 0 aliphatic carbocycles. The predicted octanol–water partition coefficient (Wildman–Crippen LogP) is -3.69. The third-order valence-corrected chi connectivity index (χ3v) is 2.30. The van der Waals surface area contributed by atoms with Crippen LogP contribution >= 0.6 is 0 Å². The lowest BCUT2D eigenvalue weighted by Crippen LogP contribution is -2.68. The molecule has 0 aliphatic heterocycles. The van der Waals surface area contributed by atoms with Gasteiger partial charge in [0.25, 0.3) is 0 Å². The highest BCUT2D eigenvalue weighted by molar-refractivity contribution is 5.10. The Morgan fingerprint density at radius 1 is 0.950 bits per heavy atom. The first kappa shape index (κ1) is 16.3. The number of pyridine rings is 2. The van der Waals surface area contributed by atoms with Gasteiger partial charge in [-0.15, -0.1) is 14.9 Å². The zero-order valence-electron chi connectivity index (χ0n) is 10.9. The third kappa shape index (κ3) is 5.47. The fourth-order valence-corrected chi connectivity index (χ4v) is 1.74. The highest BCUT2D eigenvalue weighted by Crippen LogP contribution is 1.96. The lowest BCUT2D eigenvalue weighted by Gasteiger charge is -2.17. The second-order valence-corrected chi connectivity index (χ2v) is 4.68. The number of rotatable bonds is 1. The first-order chi connectivity index (χ1) is 9.18. The zero-order chi connectivity index (χ0) is 15.3. The Morgan fingerprint density at radius 3 is 1.75 bits per heavy atom. The van der Waals surface area contributed by atoms with Crippen molar-refractivity contribution in [3.8, 4) is 0 Å². The second kappa shape index (κ2) is 6.60. The Hall–Kier alpha value is -1.77. The fraction of sp³-hybridized carbons (Fsp3) is 0.167. The summed E-state index contributed by atoms with van der Waals surface area (Å²) in [6.07, 6.45) is 3.90. The van der Waals surface area contributed by atoms with Crippen LogP contribution in [0, 0.1) is 24.1 Å². The molecule has 20 heavy (non-hydrogen) atoms. The van der Waals surface area contributed by atoms with Crippen LogP contribution < -0.4 is 28.7 Å². The van der Waals surface area contributed by atoms with Gasteiger partial charge in [-0.05, 0) is 13.8 Å². The van der Waals surface area contributed by atoms with Crippen LogP contribution in [-0.4, -0.2) is 4.68 Å². The molecule has 2 aromatic rings. The van der Waals surface area contributed by atoms with E-state index < -0.39 is 10.2 Å². The summed E-state index contributed by atoms with van der Waals surface area (Å²) in [5.74, 6) is 0. The van der Waals surface area contributed by atoms with Crippen molar-refractivity contribution in [1.82, 2.24) is 4.68 Å². The van der Waals surface area contributed by atoms with Crippen LogP contribution in [0.15, 0.2) is 47.5 Å². The Morgan fingerprint density at radius 2 is 1.35 bits per heavy atom. The van der Waals surface area contributed by atoms with Gasteiger partial charge in [0.2, 0.25) is 0 Å². The highest BCUT2D eigenvalue weighted by atomic mass is 35.7. The summed E-state index contributed by atoms with van der Waals surface area (Å²) >= 11 is 0. The van der Waals surface area contributed by atoms with E-state index in [4.69, 9.17) is 18.6 Å². The van der Waals surface area contributed by atoms with Gasteiger partial charge in [0.15, 0.2) is 17.8 Å². The number of hydrogen-bond acceptors (Lipinski definition) is 5. The molecule has 0 N–H and O–H groups in total. The summed E-state index contributed by atoms with van der Waals surface area (Å²) in [5, 5.41) is 0. The minimum absolute atomic E-state index is 0.0535. The molecule has 0 fully saturated rings. The first-order valence-corrected chi connectivity index (χ1v) is 6.71. The van der Waals surface area contributed by atoms with Crippen LogP contribution in [0.25, 0.3) is 0 Å². The van der Waals surface area contributed by atoms with Crippen molar-refractivity contribution in [1.29, 1.82) is 0 Å². The standard InChI is InChI=1S/C12H13N2O.ClHO4/c1-10-8-12(15)9-11(2)14(10)13-6-4-3-5-7-13;2-1(3,4)5/h3-9H,1-2H3;(H,2,3,4,5)/q+1;/p-1. The van der Waals surface area contributed by atoms with Crippen LogP contribution in [0.4, 0.5) is 0 Å². The zero-order valence-corrected chi connectivity index (χ0v) is 11.6. The molecule has 2 aromatic heterocycles. The fourth-order valence-electron chi connectivity index (χ4n) is 1.74. The van der Waals surface area contributed by atoms with Crippen LogP contribution in [0.5, 0.6) is 0 Å². The van der Waals surface area contributed by atoms with Crippen molar-refractivity contribution in [2.24, 2.45) is 0 Å². The monoisotopic (exact) mass is 300 g/mol. The Labute approximate surface area is 117 Å². The van der Waals surface area contributed by atoms with Gasteiger partial charge in [0.05, 0.1) is 11.4 Å². The van der Waals surface area contributed by atoms with E-state index in [2.05, 4.69) is 0 Å². The Bertz CT molecular complexity index is 590. The third-order valence-electron chi connectivity index (χ3n) is 2.30. The van der Waals surface area contributed by atoms with E-state index in [1.165, 1.54) is 0 Å². The molecule has 0 radical (unpaired) electrons. The molecule has 0 unspecified atom stereocenters. The van der Waals surface area contributed by atoms with Gasteiger partial charge in [-0.1, -0.05) is 10.7 Å². The molecule has 0 spiro atoms. The summed E-state index contributed by atoms with van der Waals surface area (Å²) < 4.78 is 37.9. The number of nitrogens with zero attached hydrogens (tertiary/aromatic N) is 2. The largest absolute Gasteiger partial charge is 0.290 e. The minimum Gasteiger partial charge on any atom is -0.290 e. The second-order valence-electron chi connectivity index (χ2n) is 3.92. The summed E-state index contributed by atoms with van der Waals surface area (Å²) in [6.45, 7) is 3.85. The maximum absolute atomic E-state index is 11.3. The van der Waals surface area contributed by atoms with Crippen molar-refractivity contribution in [3.63, 3.8) is 0 Å². The van der Waals surface area contributed by atoms with Crippen molar-refractivity contribution >= 4 is 0 Å². The van der Waals surface area contributed by atoms with Gasteiger partial charge in [0.1, 0.15) is 0 Å². The molecular weight excluding hydrogens is 288 g/mol. The summed E-state index contributed by atoms with van der Waals surface area (Å²) in [7, 11) is -4.94. The van der Waals surface area contributed by atoms with E-state index in [0.717, 1.165) is 11.4 Å². The van der Waals surface area contributed by atoms with Gasteiger partial charge < -0.3 is 0 Å². The number of aryl methyl sites for hydroxylation is 2. The molecule has 0 amide bonds. The van der Waals surface area contributed by atoms with Gasteiger partial charge in [-0.2, -0.15) is 0 Å². The van der Waals surface area contributed by atoms with Gasteiger partial charge in [-0.3, -0.25) is 4.79 Å². The molecule has 0 saturated heterocycles. The van der Waals surface area contributed by atoms with Crippen LogP contribution in [0.1, 0.15) is 11.4 Å². The van der Waals surface area contributed by atoms with Gasteiger partial charge in [-0.25, -0.2) is 18.6 Å². The first-order valence-electron chi connectivity index (χ1n) is 5.47. The molecule has 7 nitrogen and oxygen atoms in total. The predicted molar refractivity (Wildman–Crippen MR) is 57.6 cm³/mol. The lowest BCUT2D eigenvalue weighted by molar-refractivity contribution is -2.00. The summed E-state index contributed by atoms with van der Waals surface area (Å²) in [5.41, 5.74) is 1.91. The highest BCUT2D eigenvalue weighted by Gasteiger charge is 2.08. The molecule has 0 atom stereocenters. The summed E-state index contributed by atoms with van der Waals surface area (Å²) in [4.78, 5) is 11.3. The average Bonchev–Trinajstić information content (AvgIpc) is 2.26. The van der Waals surface area contributed by atoms with Crippen LogP contribution in [0.2, 0.25) is 0 Å².